The molecule has 2 atom stereocenters. The molecule has 0 amide bonds. The Labute approximate surface area is 111 Å². The zero-order chi connectivity index (χ0) is 12.7. The Hall–Kier alpha value is -1.01. The lowest BCUT2D eigenvalue weighted by Crippen LogP contribution is -2.32. The van der Waals surface area contributed by atoms with Gasteiger partial charge in [0, 0.05) is 5.92 Å². The number of nitrogens with one attached hydrogen (secondary N) is 1. The van der Waals surface area contributed by atoms with Crippen molar-refractivity contribution in [1.29, 1.82) is 0 Å². The van der Waals surface area contributed by atoms with E-state index >= 15 is 0 Å². The summed E-state index contributed by atoms with van der Waals surface area (Å²) < 4.78 is 1.91. The zero-order valence-electron chi connectivity index (χ0n) is 11.1. The van der Waals surface area contributed by atoms with Crippen LogP contribution in [0.5, 0.6) is 0 Å². The van der Waals surface area contributed by atoms with Crippen LogP contribution in [0.1, 0.15) is 56.4 Å². The van der Waals surface area contributed by atoms with Gasteiger partial charge in [0.2, 0.25) is 4.96 Å². The van der Waals surface area contributed by atoms with Crippen molar-refractivity contribution in [2.45, 2.75) is 45.6 Å². The Morgan fingerprint density at radius 1 is 1.39 bits per heavy atom. The van der Waals surface area contributed by atoms with E-state index in [-0.39, 0.29) is 0 Å². The van der Waals surface area contributed by atoms with E-state index in [0.717, 1.165) is 22.3 Å². The Balaban J connectivity index is 1.97. The molecule has 3 rings (SSSR count). The summed E-state index contributed by atoms with van der Waals surface area (Å²) in [5.74, 6) is 1.95. The van der Waals surface area contributed by atoms with Crippen LogP contribution >= 0.6 is 11.3 Å². The number of aromatic nitrogens is 4. The largest absolute Gasteiger partial charge is 0.308 e. The summed E-state index contributed by atoms with van der Waals surface area (Å²) in [7, 11) is 0. The highest BCUT2D eigenvalue weighted by Crippen LogP contribution is 2.31. The second-order valence-corrected chi connectivity index (χ2v) is 6.39. The van der Waals surface area contributed by atoms with Crippen LogP contribution in [-0.4, -0.2) is 26.4 Å². The maximum Gasteiger partial charge on any atom is 0.234 e. The van der Waals surface area contributed by atoms with E-state index in [0.29, 0.717) is 17.9 Å². The fourth-order valence-corrected chi connectivity index (χ4v) is 3.57. The summed E-state index contributed by atoms with van der Waals surface area (Å²) >= 11 is 1.66. The Kier molecular flexibility index (Phi) is 3.07. The van der Waals surface area contributed by atoms with E-state index in [9.17, 15) is 0 Å². The molecule has 1 fully saturated rings. The van der Waals surface area contributed by atoms with Crippen molar-refractivity contribution in [2.75, 3.05) is 6.54 Å². The van der Waals surface area contributed by atoms with E-state index < -0.39 is 0 Å². The average molecular weight is 265 g/mol. The average Bonchev–Trinajstić information content (AvgIpc) is 2.88. The van der Waals surface area contributed by atoms with E-state index in [1.165, 1.54) is 12.8 Å². The number of fused-ring (bicyclic) bond motifs is 1. The van der Waals surface area contributed by atoms with Crippen molar-refractivity contribution in [2.24, 2.45) is 5.92 Å². The lowest BCUT2D eigenvalue weighted by Gasteiger charge is -2.27. The first-order valence-electron chi connectivity index (χ1n) is 6.62. The highest BCUT2D eigenvalue weighted by atomic mass is 32.1. The Morgan fingerprint density at radius 3 is 2.94 bits per heavy atom. The third-order valence-corrected chi connectivity index (χ3v) is 4.56. The molecule has 0 radical (unpaired) electrons. The van der Waals surface area contributed by atoms with Crippen LogP contribution in [0.15, 0.2) is 0 Å². The lowest BCUT2D eigenvalue weighted by atomic mass is 9.93. The predicted octanol–water partition coefficient (Wildman–Crippen LogP) is 2.37. The van der Waals surface area contributed by atoms with Crippen LogP contribution in [0, 0.1) is 5.92 Å². The van der Waals surface area contributed by atoms with Crippen molar-refractivity contribution in [1.82, 2.24) is 25.1 Å². The van der Waals surface area contributed by atoms with Crippen LogP contribution in [-0.2, 0) is 0 Å². The first kappa shape index (κ1) is 12.0. The van der Waals surface area contributed by atoms with Gasteiger partial charge in [0.05, 0.1) is 6.04 Å². The zero-order valence-corrected chi connectivity index (χ0v) is 11.9. The number of nitrogens with zero attached hydrogens (tertiary/aromatic N) is 4. The fourth-order valence-electron chi connectivity index (χ4n) is 2.51. The number of piperidine rings is 1. The van der Waals surface area contributed by atoms with Gasteiger partial charge in [0.15, 0.2) is 5.82 Å². The standard InChI is InChI=1S/C12H19N5S/c1-7(2)10-14-15-12-17(10)16-11(18-12)9-8(3)5-4-6-13-9/h7-9,13H,4-6H2,1-3H3. The Morgan fingerprint density at radius 2 is 2.22 bits per heavy atom. The van der Waals surface area contributed by atoms with Gasteiger partial charge in [-0.25, -0.2) is 0 Å². The minimum absolute atomic E-state index is 0.353. The minimum Gasteiger partial charge on any atom is -0.308 e. The molecule has 1 aliphatic heterocycles. The fraction of sp³-hybridized carbons (Fsp3) is 0.750. The molecule has 2 unspecified atom stereocenters. The summed E-state index contributed by atoms with van der Waals surface area (Å²) in [5.41, 5.74) is 0. The summed E-state index contributed by atoms with van der Waals surface area (Å²) in [6, 6.07) is 0.380. The van der Waals surface area contributed by atoms with E-state index in [2.05, 4.69) is 36.3 Å². The van der Waals surface area contributed by atoms with Crippen molar-refractivity contribution in [3.8, 4) is 0 Å². The van der Waals surface area contributed by atoms with Crippen LogP contribution in [0.3, 0.4) is 0 Å². The van der Waals surface area contributed by atoms with Crippen LogP contribution in [0.25, 0.3) is 4.96 Å². The molecule has 2 aromatic rings. The summed E-state index contributed by atoms with van der Waals surface area (Å²) in [6.45, 7) is 7.63. The van der Waals surface area contributed by atoms with Crippen molar-refractivity contribution < 1.29 is 0 Å². The SMILES string of the molecule is CC(C)c1nnc2sc(C3NCCCC3C)nn12. The molecule has 6 heteroatoms. The van der Waals surface area contributed by atoms with Crippen molar-refractivity contribution in [3.63, 3.8) is 0 Å². The highest BCUT2D eigenvalue weighted by Gasteiger charge is 2.26. The van der Waals surface area contributed by atoms with Gasteiger partial charge in [-0.1, -0.05) is 32.1 Å². The number of rotatable bonds is 2. The molecular formula is C12H19N5S. The van der Waals surface area contributed by atoms with Crippen molar-refractivity contribution >= 4 is 16.3 Å². The molecule has 1 N–H and O–H groups in total. The molecular weight excluding hydrogens is 246 g/mol. The molecule has 0 bridgehead atoms. The molecule has 0 aliphatic carbocycles. The highest BCUT2D eigenvalue weighted by molar-refractivity contribution is 7.16. The number of hydrogen-bond donors (Lipinski definition) is 1. The molecule has 1 saturated heterocycles. The normalized spacial score (nSPS) is 25.1. The molecule has 2 aromatic heterocycles. The van der Waals surface area contributed by atoms with Gasteiger partial charge in [-0.3, -0.25) is 0 Å². The lowest BCUT2D eigenvalue weighted by molar-refractivity contribution is 0.303. The molecule has 1 aliphatic rings. The van der Waals surface area contributed by atoms with Crippen LogP contribution < -0.4 is 5.32 Å². The summed E-state index contributed by atoms with van der Waals surface area (Å²) in [6.07, 6.45) is 2.54. The molecule has 0 saturated carbocycles. The van der Waals surface area contributed by atoms with E-state index in [4.69, 9.17) is 5.10 Å². The van der Waals surface area contributed by atoms with E-state index in [1.54, 1.807) is 11.3 Å². The van der Waals surface area contributed by atoms with Crippen molar-refractivity contribution in [3.05, 3.63) is 10.8 Å². The second kappa shape index (κ2) is 4.59. The van der Waals surface area contributed by atoms with Gasteiger partial charge < -0.3 is 5.32 Å². The molecule has 0 aromatic carbocycles. The van der Waals surface area contributed by atoms with Gasteiger partial charge in [-0.05, 0) is 25.3 Å². The third-order valence-electron chi connectivity index (χ3n) is 3.58. The number of hydrogen-bond acceptors (Lipinski definition) is 5. The monoisotopic (exact) mass is 265 g/mol. The molecule has 98 valence electrons. The van der Waals surface area contributed by atoms with Gasteiger partial charge in [0.1, 0.15) is 5.01 Å². The maximum atomic E-state index is 4.72. The molecule has 3 heterocycles. The molecule has 18 heavy (non-hydrogen) atoms. The minimum atomic E-state index is 0.353. The van der Waals surface area contributed by atoms with Crippen LogP contribution in [0.2, 0.25) is 0 Å². The van der Waals surface area contributed by atoms with Crippen LogP contribution in [0.4, 0.5) is 0 Å². The third kappa shape index (κ3) is 1.93. The van der Waals surface area contributed by atoms with Gasteiger partial charge in [0.25, 0.3) is 0 Å². The first-order valence-corrected chi connectivity index (χ1v) is 7.44. The summed E-state index contributed by atoms with van der Waals surface area (Å²) in [4.78, 5) is 0.910. The smallest absolute Gasteiger partial charge is 0.234 e. The van der Waals surface area contributed by atoms with E-state index in [1.807, 2.05) is 4.52 Å². The topological polar surface area (TPSA) is 55.1 Å². The molecule has 0 spiro atoms. The summed E-state index contributed by atoms with van der Waals surface area (Å²) in [5, 5.41) is 17.9. The Bertz CT molecular complexity index is 544. The molecule has 5 nitrogen and oxygen atoms in total. The van der Waals surface area contributed by atoms with Gasteiger partial charge in [-0.15, -0.1) is 10.2 Å². The second-order valence-electron chi connectivity index (χ2n) is 5.40. The maximum absolute atomic E-state index is 4.72. The quantitative estimate of drug-likeness (QED) is 0.905. The first-order chi connectivity index (χ1) is 8.66. The van der Waals surface area contributed by atoms with Gasteiger partial charge in [-0.2, -0.15) is 9.61 Å². The van der Waals surface area contributed by atoms with Gasteiger partial charge >= 0.3 is 0 Å². The predicted molar refractivity (Wildman–Crippen MR) is 71.9 cm³/mol.